The van der Waals surface area contributed by atoms with Crippen LogP contribution in [0.4, 0.5) is 4.79 Å². The van der Waals surface area contributed by atoms with Gasteiger partial charge < -0.3 is 14.4 Å². The number of rotatable bonds is 3. The molecule has 0 aromatic rings. The fourth-order valence-corrected chi connectivity index (χ4v) is 8.43. The molecule has 3 unspecified atom stereocenters. The molecule has 6 fully saturated rings. The SMILES string of the molecule is C=C1C(=O)C23CC[C@H]1CC2[C@]1(CC)CCC[C@@](C)(COC(=O)N2CCOCC2)C1CC3=O. The van der Waals surface area contributed by atoms with Crippen LogP contribution in [0.1, 0.15) is 65.2 Å². The topological polar surface area (TPSA) is 72.9 Å². The Kier molecular flexibility index (Phi) is 5.31. The molecule has 6 aliphatic rings. The first-order valence-electron chi connectivity index (χ1n) is 12.5. The maximum absolute atomic E-state index is 13.8. The van der Waals surface area contributed by atoms with Crippen molar-refractivity contribution < 1.29 is 23.9 Å². The molecular formula is C26H37NO5. The highest BCUT2D eigenvalue weighted by molar-refractivity contribution is 6.16. The normalized spacial score (nSPS) is 43.6. The van der Waals surface area contributed by atoms with Crippen molar-refractivity contribution in [1.29, 1.82) is 0 Å². The van der Waals surface area contributed by atoms with Crippen molar-refractivity contribution in [3.8, 4) is 0 Å². The van der Waals surface area contributed by atoms with Crippen LogP contribution >= 0.6 is 0 Å². The Labute approximate surface area is 191 Å². The van der Waals surface area contributed by atoms with Gasteiger partial charge in [0.1, 0.15) is 5.78 Å². The number of carbonyl (C=O) groups is 3. The number of amides is 1. The summed E-state index contributed by atoms with van der Waals surface area (Å²) in [6.07, 6.45) is 6.74. The van der Waals surface area contributed by atoms with E-state index in [2.05, 4.69) is 20.4 Å². The maximum Gasteiger partial charge on any atom is 0.409 e. The number of hydrogen-bond donors (Lipinski definition) is 0. The summed E-state index contributed by atoms with van der Waals surface area (Å²) in [5.41, 5.74) is -0.421. The Balaban J connectivity index is 1.43. The summed E-state index contributed by atoms with van der Waals surface area (Å²) < 4.78 is 11.2. The summed E-state index contributed by atoms with van der Waals surface area (Å²) in [4.78, 5) is 41.6. The van der Waals surface area contributed by atoms with Gasteiger partial charge in [-0.15, -0.1) is 0 Å². The molecule has 6 nitrogen and oxygen atoms in total. The van der Waals surface area contributed by atoms with Gasteiger partial charge in [-0.25, -0.2) is 4.79 Å². The lowest BCUT2D eigenvalue weighted by Crippen LogP contribution is -2.67. The van der Waals surface area contributed by atoms with E-state index in [1.165, 1.54) is 0 Å². The quantitative estimate of drug-likeness (QED) is 0.483. The Bertz CT molecular complexity index is 847. The standard InChI is InChI=1S/C26H37NO5/c1-4-25-8-5-7-24(3,16-32-23(30)27-10-12-31-13-11-27)19(25)15-21(28)26-9-6-18(14-20(25)26)17(2)22(26)29/h18-20H,2,4-16H2,1,3H3/t18-,19?,20?,24-,25+,26?/m0/s1. The molecule has 1 amide bonds. The van der Waals surface area contributed by atoms with Crippen molar-refractivity contribution in [3.63, 3.8) is 0 Å². The molecule has 6 heteroatoms. The summed E-state index contributed by atoms with van der Waals surface area (Å²) in [5, 5.41) is 0. The highest BCUT2D eigenvalue weighted by Crippen LogP contribution is 2.71. The van der Waals surface area contributed by atoms with E-state index in [-0.39, 0.29) is 46.2 Å². The second-order valence-electron chi connectivity index (χ2n) is 11.3. The Hall–Kier alpha value is -1.69. The molecule has 1 aliphatic heterocycles. The first kappa shape index (κ1) is 22.1. The highest BCUT2D eigenvalue weighted by Gasteiger charge is 2.71. The van der Waals surface area contributed by atoms with Crippen LogP contribution in [0.15, 0.2) is 12.2 Å². The number of fused-ring (bicyclic) bond motifs is 3. The van der Waals surface area contributed by atoms with E-state index < -0.39 is 5.41 Å². The Morgan fingerprint density at radius 3 is 2.66 bits per heavy atom. The minimum atomic E-state index is -0.832. The smallest absolute Gasteiger partial charge is 0.409 e. The zero-order chi connectivity index (χ0) is 22.7. The molecule has 2 bridgehead atoms. The van der Waals surface area contributed by atoms with Gasteiger partial charge in [0, 0.05) is 24.9 Å². The number of allylic oxidation sites excluding steroid dienone is 1. The fraction of sp³-hybridized carbons (Fsp3) is 0.808. The maximum atomic E-state index is 13.8. The van der Waals surface area contributed by atoms with Gasteiger partial charge in [0.15, 0.2) is 5.78 Å². The van der Waals surface area contributed by atoms with Crippen LogP contribution in [-0.4, -0.2) is 55.5 Å². The molecule has 6 rings (SSSR count). The second kappa shape index (κ2) is 7.68. The van der Waals surface area contributed by atoms with E-state index >= 15 is 0 Å². The first-order valence-corrected chi connectivity index (χ1v) is 12.5. The summed E-state index contributed by atoms with van der Waals surface area (Å²) in [7, 11) is 0. The zero-order valence-electron chi connectivity index (χ0n) is 19.6. The number of ketones is 2. The van der Waals surface area contributed by atoms with E-state index in [9.17, 15) is 14.4 Å². The van der Waals surface area contributed by atoms with Crippen LogP contribution < -0.4 is 0 Å². The van der Waals surface area contributed by atoms with Gasteiger partial charge >= 0.3 is 6.09 Å². The van der Waals surface area contributed by atoms with Crippen LogP contribution in [-0.2, 0) is 19.1 Å². The molecule has 6 atom stereocenters. The molecule has 0 N–H and O–H groups in total. The molecule has 32 heavy (non-hydrogen) atoms. The van der Waals surface area contributed by atoms with E-state index in [0.717, 1.165) is 38.5 Å². The molecule has 0 aromatic heterocycles. The summed E-state index contributed by atoms with van der Waals surface area (Å²) in [6, 6.07) is 0. The summed E-state index contributed by atoms with van der Waals surface area (Å²) in [5.74, 6) is 0.671. The van der Waals surface area contributed by atoms with E-state index in [0.29, 0.717) is 51.3 Å². The molecule has 0 radical (unpaired) electrons. The highest BCUT2D eigenvalue weighted by atomic mass is 16.6. The number of carbonyl (C=O) groups excluding carboxylic acids is 3. The Morgan fingerprint density at radius 2 is 1.94 bits per heavy atom. The molecule has 1 saturated heterocycles. The number of morpholine rings is 1. The molecule has 5 aliphatic carbocycles. The lowest BCUT2D eigenvalue weighted by Gasteiger charge is -2.67. The average Bonchev–Trinajstić information content (AvgIpc) is 2.82. The van der Waals surface area contributed by atoms with Crippen LogP contribution in [0.3, 0.4) is 0 Å². The molecule has 1 heterocycles. The van der Waals surface area contributed by atoms with E-state index in [4.69, 9.17) is 9.47 Å². The number of ether oxygens (including phenoxy) is 2. The summed E-state index contributed by atoms with van der Waals surface area (Å²) in [6.45, 7) is 11.1. The third-order valence-corrected chi connectivity index (χ3v) is 10.2. The van der Waals surface area contributed by atoms with Crippen molar-refractivity contribution >= 4 is 17.7 Å². The van der Waals surface area contributed by atoms with Crippen LogP contribution in [0, 0.1) is 34.0 Å². The largest absolute Gasteiger partial charge is 0.449 e. The predicted molar refractivity (Wildman–Crippen MR) is 119 cm³/mol. The third kappa shape index (κ3) is 2.90. The average molecular weight is 444 g/mol. The van der Waals surface area contributed by atoms with Gasteiger partial charge in [-0.1, -0.05) is 26.8 Å². The van der Waals surface area contributed by atoms with Crippen molar-refractivity contribution in [3.05, 3.63) is 12.2 Å². The molecule has 1 spiro atoms. The predicted octanol–water partition coefficient (Wildman–Crippen LogP) is 4.17. The molecule has 0 aromatic carbocycles. The third-order valence-electron chi connectivity index (χ3n) is 10.2. The monoisotopic (exact) mass is 443 g/mol. The lowest BCUT2D eigenvalue weighted by atomic mass is 9.35. The van der Waals surface area contributed by atoms with Crippen molar-refractivity contribution in [2.45, 2.75) is 65.2 Å². The summed E-state index contributed by atoms with van der Waals surface area (Å²) >= 11 is 0. The van der Waals surface area contributed by atoms with Crippen LogP contribution in [0.2, 0.25) is 0 Å². The molecule has 176 valence electrons. The Morgan fingerprint density at radius 1 is 1.19 bits per heavy atom. The lowest BCUT2D eigenvalue weighted by molar-refractivity contribution is -0.193. The van der Waals surface area contributed by atoms with Crippen molar-refractivity contribution in [2.75, 3.05) is 32.9 Å². The minimum absolute atomic E-state index is 0.0404. The van der Waals surface area contributed by atoms with Gasteiger partial charge in [-0.2, -0.15) is 0 Å². The second-order valence-corrected chi connectivity index (χ2v) is 11.3. The van der Waals surface area contributed by atoms with Gasteiger partial charge in [0.25, 0.3) is 0 Å². The number of hydrogen-bond acceptors (Lipinski definition) is 5. The fourth-order valence-electron chi connectivity index (χ4n) is 8.43. The number of Topliss-reactive ketones (excluding diaryl/α,β-unsaturated/α-hetero) is 2. The van der Waals surface area contributed by atoms with Crippen molar-refractivity contribution in [1.82, 2.24) is 4.90 Å². The van der Waals surface area contributed by atoms with Gasteiger partial charge in [-0.3, -0.25) is 9.59 Å². The zero-order valence-corrected chi connectivity index (χ0v) is 19.6. The van der Waals surface area contributed by atoms with Gasteiger partial charge in [0.2, 0.25) is 0 Å². The first-order chi connectivity index (χ1) is 15.3. The number of nitrogens with zero attached hydrogens (tertiary/aromatic N) is 1. The molecular weight excluding hydrogens is 406 g/mol. The van der Waals surface area contributed by atoms with Crippen LogP contribution in [0.5, 0.6) is 0 Å². The molecule has 5 saturated carbocycles. The van der Waals surface area contributed by atoms with Gasteiger partial charge in [0.05, 0.1) is 25.2 Å². The van der Waals surface area contributed by atoms with Crippen molar-refractivity contribution in [2.24, 2.45) is 34.0 Å². The van der Waals surface area contributed by atoms with E-state index in [1.807, 2.05) is 0 Å². The van der Waals surface area contributed by atoms with E-state index in [1.54, 1.807) is 4.90 Å². The van der Waals surface area contributed by atoms with Crippen LogP contribution in [0.25, 0.3) is 0 Å². The van der Waals surface area contributed by atoms with Gasteiger partial charge in [-0.05, 0) is 67.3 Å². The minimum Gasteiger partial charge on any atom is -0.449 e.